The minimum Gasteiger partial charge on any atom is -0.478 e. The van der Waals surface area contributed by atoms with E-state index in [1.54, 1.807) is 36.4 Å². The Morgan fingerprint density at radius 2 is 1.58 bits per heavy atom. The van der Waals surface area contributed by atoms with E-state index in [2.05, 4.69) is 4.72 Å². The van der Waals surface area contributed by atoms with Gasteiger partial charge in [0.1, 0.15) is 4.90 Å². The second-order valence-electron chi connectivity index (χ2n) is 6.77. The van der Waals surface area contributed by atoms with Crippen LogP contribution in [0, 0.1) is 0 Å². The second kappa shape index (κ2) is 8.23. The van der Waals surface area contributed by atoms with Gasteiger partial charge in [0.2, 0.25) is 0 Å². The molecule has 5 nitrogen and oxygen atoms in total. The van der Waals surface area contributed by atoms with Gasteiger partial charge >= 0.3 is 5.97 Å². The molecule has 0 bridgehead atoms. The van der Waals surface area contributed by atoms with Crippen molar-refractivity contribution in [2.24, 2.45) is 0 Å². The van der Waals surface area contributed by atoms with Gasteiger partial charge in [-0.3, -0.25) is 4.72 Å². The molecule has 0 aliphatic carbocycles. The summed E-state index contributed by atoms with van der Waals surface area (Å²) in [4.78, 5) is 11.2. The highest BCUT2D eigenvalue weighted by Crippen LogP contribution is 2.35. The Morgan fingerprint density at radius 3 is 2.32 bits per heavy atom. The molecule has 31 heavy (non-hydrogen) atoms. The molecule has 0 aromatic heterocycles. The molecular formula is C23H15Cl2NO4S. The van der Waals surface area contributed by atoms with Crippen LogP contribution in [0.25, 0.3) is 21.9 Å². The molecule has 0 unspecified atom stereocenters. The van der Waals surface area contributed by atoms with Gasteiger partial charge < -0.3 is 5.11 Å². The Labute approximate surface area is 188 Å². The molecule has 0 fully saturated rings. The lowest BCUT2D eigenvalue weighted by atomic mass is 9.96. The molecule has 8 heteroatoms. The van der Waals surface area contributed by atoms with Crippen LogP contribution >= 0.6 is 23.2 Å². The fourth-order valence-corrected chi connectivity index (χ4v) is 5.19. The van der Waals surface area contributed by atoms with Gasteiger partial charge in [0.25, 0.3) is 10.0 Å². The summed E-state index contributed by atoms with van der Waals surface area (Å²) in [7, 11) is -4.00. The molecule has 0 amide bonds. The monoisotopic (exact) mass is 471 g/mol. The zero-order valence-corrected chi connectivity index (χ0v) is 18.2. The first-order valence-electron chi connectivity index (χ1n) is 9.09. The van der Waals surface area contributed by atoms with E-state index in [1.165, 1.54) is 24.3 Å². The molecule has 156 valence electrons. The number of sulfonamides is 1. The van der Waals surface area contributed by atoms with E-state index in [-0.39, 0.29) is 20.5 Å². The maximum atomic E-state index is 13.0. The van der Waals surface area contributed by atoms with Crippen LogP contribution in [0.3, 0.4) is 0 Å². The van der Waals surface area contributed by atoms with E-state index in [1.807, 2.05) is 18.2 Å². The molecule has 0 heterocycles. The van der Waals surface area contributed by atoms with Crippen molar-refractivity contribution < 1.29 is 18.3 Å². The van der Waals surface area contributed by atoms with Crippen LogP contribution in [0.5, 0.6) is 0 Å². The average molecular weight is 472 g/mol. The van der Waals surface area contributed by atoms with Crippen molar-refractivity contribution in [3.05, 3.63) is 94.5 Å². The highest BCUT2D eigenvalue weighted by Gasteiger charge is 2.20. The Balaban J connectivity index is 1.83. The molecule has 0 aliphatic rings. The Bertz CT molecular complexity index is 1430. The first kappa shape index (κ1) is 21.2. The van der Waals surface area contributed by atoms with Crippen molar-refractivity contribution >= 4 is 55.7 Å². The number of hydrogen-bond donors (Lipinski definition) is 2. The van der Waals surface area contributed by atoms with Crippen LogP contribution in [0.4, 0.5) is 5.69 Å². The minimum atomic E-state index is -4.00. The lowest BCUT2D eigenvalue weighted by molar-refractivity contribution is 0.0697. The third kappa shape index (κ3) is 4.23. The molecule has 0 saturated carbocycles. The van der Waals surface area contributed by atoms with Crippen LogP contribution in [-0.4, -0.2) is 19.5 Å². The molecule has 0 aliphatic heterocycles. The van der Waals surface area contributed by atoms with Gasteiger partial charge in [-0.2, -0.15) is 0 Å². The van der Waals surface area contributed by atoms with E-state index in [0.29, 0.717) is 16.6 Å². The van der Waals surface area contributed by atoms with Gasteiger partial charge in [-0.1, -0.05) is 65.7 Å². The summed E-state index contributed by atoms with van der Waals surface area (Å²) in [5.41, 5.74) is 2.03. The number of carbonyl (C=O) groups is 1. The number of carboxylic acid groups (broad SMARTS) is 1. The summed E-state index contributed by atoms with van der Waals surface area (Å²) in [5, 5.41) is 11.0. The Hall–Kier alpha value is -3.06. The molecule has 0 spiro atoms. The molecular weight excluding hydrogens is 457 g/mol. The Morgan fingerprint density at radius 1 is 0.839 bits per heavy atom. The number of carboxylic acids is 1. The summed E-state index contributed by atoms with van der Waals surface area (Å²) in [6.07, 6.45) is 0. The third-order valence-electron chi connectivity index (χ3n) is 4.77. The maximum Gasteiger partial charge on any atom is 0.335 e. The predicted octanol–water partition coefficient (Wildman–Crippen LogP) is 6.31. The number of anilines is 1. The molecule has 0 radical (unpaired) electrons. The van der Waals surface area contributed by atoms with Gasteiger partial charge in [0, 0.05) is 10.4 Å². The van der Waals surface area contributed by atoms with Gasteiger partial charge in [-0.25, -0.2) is 13.2 Å². The summed E-state index contributed by atoms with van der Waals surface area (Å²) >= 11 is 12.0. The van der Waals surface area contributed by atoms with Crippen LogP contribution in [0.1, 0.15) is 10.4 Å². The zero-order chi connectivity index (χ0) is 22.2. The fraction of sp³-hybridized carbons (Fsp3) is 0. The number of fused-ring (bicyclic) bond motifs is 1. The number of hydrogen-bond acceptors (Lipinski definition) is 3. The van der Waals surface area contributed by atoms with Crippen LogP contribution in [0.15, 0.2) is 83.8 Å². The predicted molar refractivity (Wildman–Crippen MR) is 124 cm³/mol. The second-order valence-corrected chi connectivity index (χ2v) is 9.27. The molecule has 0 atom stereocenters. The minimum absolute atomic E-state index is 0.0586. The first-order valence-corrected chi connectivity index (χ1v) is 11.3. The van der Waals surface area contributed by atoms with E-state index in [4.69, 9.17) is 23.2 Å². The van der Waals surface area contributed by atoms with Gasteiger partial charge in [0.15, 0.2) is 0 Å². The maximum absolute atomic E-state index is 13.0. The summed E-state index contributed by atoms with van der Waals surface area (Å²) in [5.74, 6) is -1.02. The first-order chi connectivity index (χ1) is 14.8. The van der Waals surface area contributed by atoms with Crippen molar-refractivity contribution in [2.45, 2.75) is 4.90 Å². The number of halogens is 2. The van der Waals surface area contributed by atoms with Gasteiger partial charge in [-0.05, 0) is 52.9 Å². The largest absolute Gasteiger partial charge is 0.478 e. The summed E-state index contributed by atoms with van der Waals surface area (Å²) in [6, 6.07) is 21.5. The molecule has 4 aromatic carbocycles. The molecule has 4 rings (SSSR count). The number of benzene rings is 4. The lowest BCUT2D eigenvalue weighted by Crippen LogP contribution is -2.14. The smallest absolute Gasteiger partial charge is 0.335 e. The quantitative estimate of drug-likeness (QED) is 0.357. The lowest BCUT2D eigenvalue weighted by Gasteiger charge is -2.15. The van der Waals surface area contributed by atoms with Crippen molar-refractivity contribution in [3.8, 4) is 11.1 Å². The summed E-state index contributed by atoms with van der Waals surface area (Å²) < 4.78 is 28.5. The molecule has 0 saturated heterocycles. The molecule has 4 aromatic rings. The van der Waals surface area contributed by atoms with Gasteiger partial charge in [0.05, 0.1) is 16.3 Å². The van der Waals surface area contributed by atoms with E-state index >= 15 is 0 Å². The van der Waals surface area contributed by atoms with Gasteiger partial charge in [-0.15, -0.1) is 0 Å². The zero-order valence-electron chi connectivity index (χ0n) is 15.8. The number of aromatic carboxylic acids is 1. The van der Waals surface area contributed by atoms with E-state index in [9.17, 15) is 18.3 Å². The van der Waals surface area contributed by atoms with E-state index < -0.39 is 16.0 Å². The normalized spacial score (nSPS) is 11.4. The average Bonchev–Trinajstić information content (AvgIpc) is 2.75. The third-order valence-corrected chi connectivity index (χ3v) is 6.85. The van der Waals surface area contributed by atoms with Crippen LogP contribution in [0.2, 0.25) is 10.0 Å². The standard InChI is InChI=1S/C23H15Cl2NO4S/c24-16-8-10-20(25)22(13-16)31(29,30)26-21-11-9-17(18-6-1-2-7-19(18)21)14-4-3-5-15(12-14)23(27)28/h1-13,26H,(H,27,28). The fourth-order valence-electron chi connectivity index (χ4n) is 3.34. The van der Waals surface area contributed by atoms with Crippen LogP contribution < -0.4 is 4.72 Å². The van der Waals surface area contributed by atoms with Crippen LogP contribution in [-0.2, 0) is 10.0 Å². The van der Waals surface area contributed by atoms with Crippen molar-refractivity contribution in [1.29, 1.82) is 0 Å². The molecule has 2 N–H and O–H groups in total. The number of nitrogens with one attached hydrogen (secondary N) is 1. The van der Waals surface area contributed by atoms with Crippen molar-refractivity contribution in [1.82, 2.24) is 0 Å². The van der Waals surface area contributed by atoms with E-state index in [0.717, 1.165) is 10.9 Å². The van der Waals surface area contributed by atoms with Crippen molar-refractivity contribution in [2.75, 3.05) is 4.72 Å². The van der Waals surface area contributed by atoms with Crippen molar-refractivity contribution in [3.63, 3.8) is 0 Å². The SMILES string of the molecule is O=C(O)c1cccc(-c2ccc(NS(=O)(=O)c3cc(Cl)ccc3Cl)c3ccccc23)c1. The Kier molecular flexibility index (Phi) is 5.62. The highest BCUT2D eigenvalue weighted by molar-refractivity contribution is 7.92. The summed E-state index contributed by atoms with van der Waals surface area (Å²) in [6.45, 7) is 0. The highest BCUT2D eigenvalue weighted by atomic mass is 35.5. The topological polar surface area (TPSA) is 83.5 Å². The number of rotatable bonds is 5.